The molecule has 0 saturated carbocycles. The SMILES string of the molecule is CCCc1cc(C(=O)c2ccc(OC)c(F)c2)ccc1Oc1cccc([C@@]2(C)OC(=O)NC2=O)c1.CCCc1cc(C(=O)c2ccc(OC)nc2)ccc1Oc1cccc([C@@]2(C)OC(=O)NC2=O)c1.CCCc1cc(C(=O)c2ccc(S(C)(=O)=O)cc2)ccc1Oc1cccc([C@@]2(C)OC(=O)NC2=O)c1.CCCc1cc(C(=O)c2ccc(SC)cc2)ccc1Oc1cccc([C@@]2(C)OC(=O)NC2=O)c1. The lowest BCUT2D eigenvalue weighted by molar-refractivity contribution is -0.131. The number of hydrogen-bond donors (Lipinski definition) is 4. The summed E-state index contributed by atoms with van der Waals surface area (Å²) in [5.41, 5.74) is 3.25. The Hall–Kier alpha value is -16.0. The summed E-state index contributed by atoms with van der Waals surface area (Å²) in [6.45, 7) is 14.2. The van der Waals surface area contributed by atoms with Crippen LogP contribution in [0.5, 0.6) is 57.6 Å². The van der Waals surface area contributed by atoms with Crippen molar-refractivity contribution in [1.82, 2.24) is 26.3 Å². The normalized spacial score (nSPS) is 17.2. The summed E-state index contributed by atoms with van der Waals surface area (Å²) in [5.74, 6) is 1.18. The first kappa shape index (κ1) is 100. The van der Waals surface area contributed by atoms with Gasteiger partial charge in [-0.15, -0.1) is 11.8 Å². The minimum Gasteiger partial charge on any atom is -0.494 e. The largest absolute Gasteiger partial charge is 0.494 e. The Bertz CT molecular complexity index is 6740. The number of benzene rings is 11. The summed E-state index contributed by atoms with van der Waals surface area (Å²) < 4.78 is 92.8. The summed E-state index contributed by atoms with van der Waals surface area (Å²) in [4.78, 5) is 152. The van der Waals surface area contributed by atoms with Crippen molar-refractivity contribution >= 4 is 92.7 Å². The molecular weight excluding hydrogens is 1820 g/mol. The van der Waals surface area contributed by atoms with Gasteiger partial charge in [0.25, 0.3) is 23.6 Å². The Balaban J connectivity index is 0.000000156. The minimum absolute atomic E-state index is 0.0412. The molecule has 4 N–H and O–H groups in total. The van der Waals surface area contributed by atoms with Crippen LogP contribution in [0.1, 0.15) is 189 Å². The van der Waals surface area contributed by atoms with Gasteiger partial charge in [0.15, 0.2) is 44.5 Å². The molecule has 11 aromatic carbocycles. The van der Waals surface area contributed by atoms with Crippen LogP contribution in [0.15, 0.2) is 265 Å². The van der Waals surface area contributed by atoms with Gasteiger partial charge in [0.1, 0.15) is 46.0 Å². The van der Waals surface area contributed by atoms with Crippen molar-refractivity contribution in [3.8, 4) is 57.6 Å². The summed E-state index contributed by atoms with van der Waals surface area (Å²) >= 11 is 1.63. The minimum atomic E-state index is -3.35. The number of methoxy groups -OCH3 is 2. The molecule has 32 heteroatoms. The lowest BCUT2D eigenvalue weighted by Crippen LogP contribution is -2.33. The first-order valence-corrected chi connectivity index (χ1v) is 47.3. The predicted octanol–water partition coefficient (Wildman–Crippen LogP) is 20.3. The van der Waals surface area contributed by atoms with Crippen LogP contribution in [0.3, 0.4) is 0 Å². The van der Waals surface area contributed by atoms with E-state index in [9.17, 15) is 70.3 Å². The maximum absolute atomic E-state index is 14.1. The number of rotatable bonds is 32. The third-order valence-electron chi connectivity index (χ3n) is 23.1. The van der Waals surface area contributed by atoms with Crippen molar-refractivity contribution < 1.29 is 118 Å². The number of ether oxygens (including phenoxy) is 10. The summed E-state index contributed by atoms with van der Waals surface area (Å²) in [7, 11) is -0.472. The number of aryl methyl sites for hydroxylation is 4. The molecule has 8 amide bonds. The molecule has 4 aliphatic heterocycles. The van der Waals surface area contributed by atoms with Crippen LogP contribution in [0.4, 0.5) is 23.6 Å². The Kier molecular flexibility index (Phi) is 31.4. The predicted molar refractivity (Wildman–Crippen MR) is 511 cm³/mol. The molecule has 0 unspecified atom stereocenters. The lowest BCUT2D eigenvalue weighted by Gasteiger charge is -2.20. The van der Waals surface area contributed by atoms with Crippen molar-refractivity contribution in [3.05, 3.63) is 350 Å². The van der Waals surface area contributed by atoms with Gasteiger partial charge < -0.3 is 47.4 Å². The molecule has 5 heterocycles. The van der Waals surface area contributed by atoms with E-state index in [1.165, 1.54) is 77.6 Å². The lowest BCUT2D eigenvalue weighted by atomic mass is 9.95. The van der Waals surface area contributed by atoms with Gasteiger partial charge in [0.05, 0.1) is 19.1 Å². The summed E-state index contributed by atoms with van der Waals surface area (Å²) in [5, 5.41) is 8.59. The van der Waals surface area contributed by atoms with E-state index in [0.717, 1.165) is 71.6 Å². The molecule has 1 aromatic heterocycles. The molecule has 29 nitrogen and oxygen atoms in total. The van der Waals surface area contributed by atoms with Crippen molar-refractivity contribution in [2.75, 3.05) is 26.7 Å². The number of sulfone groups is 1. The molecule has 0 spiro atoms. The highest BCUT2D eigenvalue weighted by atomic mass is 32.2. The van der Waals surface area contributed by atoms with Gasteiger partial charge in [-0.1, -0.05) is 102 Å². The first-order valence-electron chi connectivity index (χ1n) is 44.2. The van der Waals surface area contributed by atoms with Crippen molar-refractivity contribution in [2.45, 2.75) is 139 Å². The number of nitrogens with one attached hydrogen (secondary N) is 4. The van der Waals surface area contributed by atoms with Gasteiger partial charge in [-0.3, -0.25) is 59.6 Å². The van der Waals surface area contributed by atoms with E-state index in [4.69, 9.17) is 47.4 Å². The van der Waals surface area contributed by atoms with Crippen LogP contribution in [0.2, 0.25) is 0 Å². The standard InChI is InChI=1S/C27H24FNO6.C27H25NO7S.C27H25NO5S.C26H24N2O6/c1-4-6-16-13-17(24(30)18-10-12-23(33-3)21(28)14-18)9-11-22(16)34-20-8-5-7-19(15-20)27(2)25(31)29-26(32)35-27;1-4-6-18-15-19(24(29)17-9-12-22(13-10-17)36(3,32)33)11-14-23(18)34-21-8-5-7-20(16-21)27(2)25(30)28-26(31)35-27;1-4-6-18-15-19(24(29)17-9-12-22(34-3)13-10-17)11-14-23(18)32-21-8-5-7-20(16-21)27(2)25(30)28-26(31)33-27;1-4-6-16-13-17(23(29)18-10-12-22(32-3)27-15-18)9-11-21(16)33-20-8-5-7-19(14-20)26(2)24(30)28-25(31)34-26/h5,7-15H,4,6H2,1-3H3,(H,29,31,32);5,7-16H,4,6H2,1-3H3,(H,28,30,31);5,7-16H,4,6H2,1-3H3,(H,28,30,31);5,7-15H,4,6H2,1-3H3,(H,28,30,31)/t3*27-;26-/m1111/s1. The topological polar surface area (TPSA) is 392 Å². The van der Waals surface area contributed by atoms with Crippen LogP contribution >= 0.6 is 11.8 Å². The number of carbonyl (C=O) groups excluding carboxylic acids is 12. The highest BCUT2D eigenvalue weighted by Gasteiger charge is 2.50. The Labute approximate surface area is 805 Å². The molecule has 139 heavy (non-hydrogen) atoms. The van der Waals surface area contributed by atoms with E-state index in [1.54, 1.807) is 189 Å². The first-order chi connectivity index (χ1) is 66.4. The second-order valence-electron chi connectivity index (χ2n) is 33.1. The number of ketones is 4. The van der Waals surface area contributed by atoms with E-state index < -0.39 is 86.1 Å². The zero-order chi connectivity index (χ0) is 99.8. The second kappa shape index (κ2) is 43.4. The molecule has 16 rings (SSSR count). The van der Waals surface area contributed by atoms with E-state index >= 15 is 0 Å². The molecule has 4 aliphatic rings. The maximum atomic E-state index is 14.1. The van der Waals surface area contributed by atoms with Crippen LogP contribution in [-0.4, -0.2) is 111 Å². The highest BCUT2D eigenvalue weighted by molar-refractivity contribution is 7.98. The fourth-order valence-electron chi connectivity index (χ4n) is 15.4. The number of hydrogen-bond acceptors (Lipinski definition) is 26. The molecule has 0 radical (unpaired) electrons. The van der Waals surface area contributed by atoms with Crippen LogP contribution in [0.25, 0.3) is 0 Å². The third kappa shape index (κ3) is 23.2. The molecule has 4 fully saturated rings. The van der Waals surface area contributed by atoms with E-state index in [0.29, 0.717) is 132 Å². The number of carbonyl (C=O) groups is 12. The highest BCUT2D eigenvalue weighted by Crippen LogP contribution is 2.42. The van der Waals surface area contributed by atoms with Crippen molar-refractivity contribution in [3.63, 3.8) is 0 Å². The number of amides is 8. The summed E-state index contributed by atoms with van der Waals surface area (Å²) in [6.07, 6.45) is 7.53. The van der Waals surface area contributed by atoms with Gasteiger partial charge in [-0.05, 0) is 276 Å². The zero-order valence-electron chi connectivity index (χ0n) is 77.8. The number of nitrogens with zero attached hydrogens (tertiary/aromatic N) is 1. The third-order valence-corrected chi connectivity index (χ3v) is 25.0. The Morgan fingerprint density at radius 1 is 0.353 bits per heavy atom. The van der Waals surface area contributed by atoms with Gasteiger partial charge in [0.2, 0.25) is 28.3 Å². The van der Waals surface area contributed by atoms with E-state index in [2.05, 4.69) is 33.2 Å². The number of aromatic nitrogens is 1. The molecule has 0 aliphatic carbocycles. The van der Waals surface area contributed by atoms with Gasteiger partial charge in [-0.25, -0.2) is 37.0 Å². The molecule has 4 saturated heterocycles. The number of halogens is 1. The van der Waals surface area contributed by atoms with Crippen LogP contribution < -0.4 is 49.7 Å². The van der Waals surface area contributed by atoms with E-state index in [1.807, 2.05) is 63.4 Å². The van der Waals surface area contributed by atoms with Crippen LogP contribution in [-0.2, 0) is 96.1 Å². The summed E-state index contributed by atoms with van der Waals surface area (Å²) in [6, 6.07) is 68.9. The van der Waals surface area contributed by atoms with Crippen molar-refractivity contribution in [2.24, 2.45) is 0 Å². The van der Waals surface area contributed by atoms with Gasteiger partial charge in [0, 0.05) is 90.2 Å². The van der Waals surface area contributed by atoms with Gasteiger partial charge >= 0.3 is 24.4 Å². The number of imide groups is 4. The van der Waals surface area contributed by atoms with Crippen LogP contribution in [0, 0.1) is 5.82 Å². The number of thioether (sulfide) groups is 1. The fraction of sp³-hybridized carbons (Fsp3) is 0.224. The average molecular weight is 1920 g/mol. The maximum Gasteiger partial charge on any atom is 0.415 e. The van der Waals surface area contributed by atoms with Gasteiger partial charge in [-0.2, -0.15) is 0 Å². The average Bonchev–Trinajstić information content (AvgIpc) is 1.64. The fourth-order valence-corrected chi connectivity index (χ4v) is 16.5. The molecule has 4 atom stereocenters. The van der Waals surface area contributed by atoms with Crippen molar-refractivity contribution in [1.29, 1.82) is 0 Å². The van der Waals surface area contributed by atoms with E-state index in [-0.39, 0.29) is 39.3 Å². The molecule has 12 aromatic rings. The smallest absolute Gasteiger partial charge is 0.415 e. The molecule has 0 bridgehead atoms. The number of alkyl carbamates (subject to hydrolysis) is 4. The number of pyridine rings is 1. The zero-order valence-corrected chi connectivity index (χ0v) is 79.5. The molecular formula is C107H98FN5O24S2. The quantitative estimate of drug-likeness (QED) is 0.0173. The number of cyclic esters (lactones) is 4. The Morgan fingerprint density at radius 3 is 0.878 bits per heavy atom. The molecule has 714 valence electrons. The monoisotopic (exact) mass is 1920 g/mol. The second-order valence-corrected chi connectivity index (χ2v) is 36.0. The Morgan fingerprint density at radius 2 is 0.626 bits per heavy atom.